The van der Waals surface area contributed by atoms with E-state index >= 15 is 0 Å². The van der Waals surface area contributed by atoms with Crippen LogP contribution >= 0.6 is 0 Å². The predicted octanol–water partition coefficient (Wildman–Crippen LogP) is 0.495. The second-order valence-corrected chi connectivity index (χ2v) is 8.72. The third-order valence-electron chi connectivity index (χ3n) is 5.16. The van der Waals surface area contributed by atoms with Gasteiger partial charge in [-0.2, -0.15) is 9.40 Å². The number of sulfonamides is 1. The molecule has 154 valence electrons. The van der Waals surface area contributed by atoms with Crippen LogP contribution in [0.5, 0.6) is 0 Å². The number of carbonyl (C=O) groups excluding carboxylic acids is 1. The number of benzene rings is 1. The summed E-state index contributed by atoms with van der Waals surface area (Å²) in [6, 6.07) is 6.08. The van der Waals surface area contributed by atoms with Crippen LogP contribution in [0.3, 0.4) is 0 Å². The van der Waals surface area contributed by atoms with Gasteiger partial charge in [-0.15, -0.1) is 0 Å². The van der Waals surface area contributed by atoms with Crippen molar-refractivity contribution in [3.63, 3.8) is 0 Å². The average molecular weight is 419 g/mol. The molecule has 1 aliphatic heterocycles. The molecular formula is C18H21N5O5S. The second kappa shape index (κ2) is 7.16. The molecule has 0 saturated carbocycles. The predicted molar refractivity (Wildman–Crippen MR) is 104 cm³/mol. The summed E-state index contributed by atoms with van der Waals surface area (Å²) in [6.45, 7) is 3.19. The molecule has 0 atom stereocenters. The maximum atomic E-state index is 13.0. The first-order chi connectivity index (χ1) is 13.8. The molecule has 0 spiro atoms. The van der Waals surface area contributed by atoms with Crippen molar-refractivity contribution in [2.24, 2.45) is 7.05 Å². The molecule has 0 unspecified atom stereocenters. The van der Waals surface area contributed by atoms with Gasteiger partial charge < -0.3 is 9.32 Å². The number of carbonyl (C=O) groups is 1. The van der Waals surface area contributed by atoms with Crippen LogP contribution in [-0.2, 0) is 23.6 Å². The van der Waals surface area contributed by atoms with Crippen molar-refractivity contribution in [1.82, 2.24) is 23.6 Å². The van der Waals surface area contributed by atoms with Gasteiger partial charge in [-0.3, -0.25) is 14.0 Å². The number of amides is 1. The van der Waals surface area contributed by atoms with E-state index in [0.29, 0.717) is 17.8 Å². The van der Waals surface area contributed by atoms with E-state index in [-0.39, 0.29) is 42.6 Å². The molecule has 1 amide bonds. The van der Waals surface area contributed by atoms with E-state index < -0.39 is 15.8 Å². The molecule has 11 heteroatoms. The Morgan fingerprint density at radius 3 is 2.52 bits per heavy atom. The van der Waals surface area contributed by atoms with Crippen LogP contribution in [0.25, 0.3) is 11.1 Å². The van der Waals surface area contributed by atoms with Gasteiger partial charge in [0.2, 0.25) is 10.0 Å². The van der Waals surface area contributed by atoms with Crippen LogP contribution in [0, 0.1) is 0 Å². The molecule has 3 aromatic rings. The topological polar surface area (TPSA) is 111 Å². The lowest BCUT2D eigenvalue weighted by atomic mass is 10.3. The molecule has 1 saturated heterocycles. The van der Waals surface area contributed by atoms with E-state index in [9.17, 15) is 18.0 Å². The number of nitrogens with zero attached hydrogens (tertiary/aromatic N) is 5. The lowest BCUT2D eigenvalue weighted by Crippen LogP contribution is -2.50. The molecule has 2 aromatic heterocycles. The van der Waals surface area contributed by atoms with Crippen LogP contribution in [0.2, 0.25) is 0 Å². The van der Waals surface area contributed by atoms with Gasteiger partial charge in [0.05, 0.1) is 10.4 Å². The van der Waals surface area contributed by atoms with E-state index in [2.05, 4.69) is 5.10 Å². The van der Waals surface area contributed by atoms with Crippen molar-refractivity contribution in [3.8, 4) is 0 Å². The van der Waals surface area contributed by atoms with E-state index in [4.69, 9.17) is 4.42 Å². The highest BCUT2D eigenvalue weighted by atomic mass is 32.2. The van der Waals surface area contributed by atoms with Crippen LogP contribution < -0.4 is 5.76 Å². The standard InChI is InChI=1S/C18H21N5O5S/c1-3-23-14-5-4-13(12-16(14)28-18(23)25)29(26,27)22-10-8-21(9-11-22)17(24)15-6-7-19-20(15)2/h4-7,12H,3,8-11H2,1-2H3. The normalized spacial score (nSPS) is 15.9. The van der Waals surface area contributed by atoms with Crippen LogP contribution in [-0.4, -0.2) is 64.1 Å². The minimum absolute atomic E-state index is 0.0633. The number of aromatic nitrogens is 3. The van der Waals surface area contributed by atoms with Crippen molar-refractivity contribution in [2.75, 3.05) is 26.2 Å². The summed E-state index contributed by atoms with van der Waals surface area (Å²) < 4.78 is 35.5. The van der Waals surface area contributed by atoms with E-state index in [1.165, 1.54) is 25.7 Å². The zero-order chi connectivity index (χ0) is 20.8. The third-order valence-corrected chi connectivity index (χ3v) is 7.05. The van der Waals surface area contributed by atoms with Crippen molar-refractivity contribution in [2.45, 2.75) is 18.4 Å². The molecule has 3 heterocycles. The highest BCUT2D eigenvalue weighted by Crippen LogP contribution is 2.23. The smallest absolute Gasteiger partial charge is 0.408 e. The summed E-state index contributed by atoms with van der Waals surface area (Å²) in [5.41, 5.74) is 1.26. The highest BCUT2D eigenvalue weighted by molar-refractivity contribution is 7.89. The number of aryl methyl sites for hydroxylation is 2. The molecule has 1 aromatic carbocycles. The lowest BCUT2D eigenvalue weighted by Gasteiger charge is -2.33. The molecule has 0 N–H and O–H groups in total. The molecule has 1 aliphatic rings. The van der Waals surface area contributed by atoms with Gasteiger partial charge in [-0.1, -0.05) is 0 Å². The van der Waals surface area contributed by atoms with Gasteiger partial charge in [0.15, 0.2) is 5.58 Å². The quantitative estimate of drug-likeness (QED) is 0.609. The number of piperazine rings is 1. The highest BCUT2D eigenvalue weighted by Gasteiger charge is 2.31. The Morgan fingerprint density at radius 1 is 1.17 bits per heavy atom. The van der Waals surface area contributed by atoms with Gasteiger partial charge in [-0.05, 0) is 25.1 Å². The zero-order valence-corrected chi connectivity index (χ0v) is 16.9. The minimum atomic E-state index is -3.77. The second-order valence-electron chi connectivity index (χ2n) is 6.78. The number of rotatable bonds is 4. The fraction of sp³-hybridized carbons (Fsp3) is 0.389. The fourth-order valence-electron chi connectivity index (χ4n) is 3.53. The largest absolute Gasteiger partial charge is 0.419 e. The van der Waals surface area contributed by atoms with Crippen molar-refractivity contribution in [1.29, 1.82) is 0 Å². The SMILES string of the molecule is CCn1c(=O)oc2cc(S(=O)(=O)N3CCN(C(=O)c4ccnn4C)CC3)ccc21. The zero-order valence-electron chi connectivity index (χ0n) is 16.1. The summed E-state index contributed by atoms with van der Waals surface area (Å²) in [4.78, 5) is 26.1. The maximum absolute atomic E-state index is 13.0. The summed E-state index contributed by atoms with van der Waals surface area (Å²) in [7, 11) is -2.08. The molecule has 4 rings (SSSR count). The van der Waals surface area contributed by atoms with Crippen LogP contribution in [0.4, 0.5) is 0 Å². The third kappa shape index (κ3) is 3.25. The Labute approximate surface area is 167 Å². The van der Waals surface area contributed by atoms with Gasteiger partial charge in [-0.25, -0.2) is 13.2 Å². The Kier molecular flexibility index (Phi) is 4.79. The maximum Gasteiger partial charge on any atom is 0.419 e. The van der Waals surface area contributed by atoms with Crippen molar-refractivity contribution >= 4 is 27.0 Å². The monoisotopic (exact) mass is 419 g/mol. The molecule has 1 fully saturated rings. The van der Waals surface area contributed by atoms with Crippen molar-refractivity contribution in [3.05, 3.63) is 46.7 Å². The van der Waals surface area contributed by atoms with Gasteiger partial charge in [0.1, 0.15) is 5.69 Å². The van der Waals surface area contributed by atoms with E-state index in [1.807, 2.05) is 6.92 Å². The van der Waals surface area contributed by atoms with Gasteiger partial charge in [0.25, 0.3) is 5.91 Å². The minimum Gasteiger partial charge on any atom is -0.408 e. The number of fused-ring (bicyclic) bond motifs is 1. The first-order valence-electron chi connectivity index (χ1n) is 9.23. The first kappa shape index (κ1) is 19.4. The molecule has 10 nitrogen and oxygen atoms in total. The van der Waals surface area contributed by atoms with E-state index in [1.54, 1.807) is 30.3 Å². The Balaban J connectivity index is 1.53. The first-order valence-corrected chi connectivity index (χ1v) is 10.7. The molecular weight excluding hydrogens is 398 g/mol. The molecule has 0 radical (unpaired) electrons. The molecule has 0 aliphatic carbocycles. The number of oxazole rings is 1. The lowest BCUT2D eigenvalue weighted by molar-refractivity contribution is 0.0687. The average Bonchev–Trinajstić information content (AvgIpc) is 3.28. The van der Waals surface area contributed by atoms with Gasteiger partial charge >= 0.3 is 5.76 Å². The van der Waals surface area contributed by atoms with Crippen LogP contribution in [0.1, 0.15) is 17.4 Å². The van der Waals surface area contributed by atoms with Gasteiger partial charge in [0, 0.05) is 52.0 Å². The van der Waals surface area contributed by atoms with E-state index in [0.717, 1.165) is 0 Å². The summed E-state index contributed by atoms with van der Waals surface area (Å²) in [6.07, 6.45) is 1.55. The van der Waals surface area contributed by atoms with Crippen molar-refractivity contribution < 1.29 is 17.6 Å². The summed E-state index contributed by atoms with van der Waals surface area (Å²) in [5, 5.41) is 4.00. The summed E-state index contributed by atoms with van der Waals surface area (Å²) >= 11 is 0. The number of hydrogen-bond donors (Lipinski definition) is 0. The Morgan fingerprint density at radius 2 is 1.90 bits per heavy atom. The Hall–Kier alpha value is -2.92. The Bertz CT molecular complexity index is 1230. The fourth-order valence-corrected chi connectivity index (χ4v) is 4.97. The molecule has 0 bridgehead atoms. The molecule has 29 heavy (non-hydrogen) atoms. The summed E-state index contributed by atoms with van der Waals surface area (Å²) in [5.74, 6) is -0.689. The van der Waals surface area contributed by atoms with Crippen LogP contribution in [0.15, 0.2) is 44.6 Å². The number of hydrogen-bond acceptors (Lipinski definition) is 6.